The molecule has 2 rings (SSSR count). The monoisotopic (exact) mass is 251 g/mol. The van der Waals surface area contributed by atoms with Gasteiger partial charge in [0.1, 0.15) is 18.2 Å². The fourth-order valence-electron chi connectivity index (χ4n) is 1.53. The quantitative estimate of drug-likeness (QED) is 0.698. The van der Waals surface area contributed by atoms with E-state index in [1.807, 2.05) is 0 Å². The topological polar surface area (TPSA) is 102 Å². The molecule has 0 radical (unpaired) electrons. The number of nitrogens with one attached hydrogen (secondary N) is 1. The number of methoxy groups -OCH3 is 1. The van der Waals surface area contributed by atoms with Gasteiger partial charge in [0.25, 0.3) is 5.78 Å². The van der Waals surface area contributed by atoms with Crippen LogP contribution in [-0.2, 0) is 9.53 Å². The molecule has 2 aromatic rings. The van der Waals surface area contributed by atoms with Crippen molar-refractivity contribution in [1.29, 1.82) is 0 Å². The summed E-state index contributed by atoms with van der Waals surface area (Å²) in [6.07, 6.45) is 1.36. The number of carbonyl (C=O) groups is 1. The van der Waals surface area contributed by atoms with Gasteiger partial charge in [-0.3, -0.25) is 0 Å². The van der Waals surface area contributed by atoms with Crippen molar-refractivity contribution in [2.75, 3.05) is 19.0 Å². The van der Waals surface area contributed by atoms with Gasteiger partial charge in [0, 0.05) is 11.8 Å². The molecule has 8 nitrogen and oxygen atoms in total. The van der Waals surface area contributed by atoms with Gasteiger partial charge in [-0.15, -0.1) is 0 Å². The first kappa shape index (κ1) is 12.2. The van der Waals surface area contributed by atoms with Gasteiger partial charge in [0.15, 0.2) is 0 Å². The van der Waals surface area contributed by atoms with Crippen LogP contribution in [0.25, 0.3) is 5.78 Å². The number of nitrogens with zero attached hydrogens (tertiary/aromatic N) is 4. The Hall–Kier alpha value is -2.22. The number of aromatic nitrogens is 4. The maximum absolute atomic E-state index is 11.4. The molecule has 1 atom stereocenters. The van der Waals surface area contributed by atoms with E-state index in [0.29, 0.717) is 11.6 Å². The third kappa shape index (κ3) is 2.23. The molecule has 0 amide bonds. The third-order valence-electron chi connectivity index (χ3n) is 2.37. The molecule has 0 saturated heterocycles. The minimum absolute atomic E-state index is 0.385. The summed E-state index contributed by atoms with van der Waals surface area (Å²) in [7, 11) is 1.26. The van der Waals surface area contributed by atoms with Gasteiger partial charge in [0.05, 0.1) is 13.7 Å². The Balaban J connectivity index is 2.35. The maximum atomic E-state index is 11.4. The van der Waals surface area contributed by atoms with E-state index in [0.717, 1.165) is 5.69 Å². The molecule has 96 valence electrons. The van der Waals surface area contributed by atoms with Gasteiger partial charge in [-0.05, 0) is 6.92 Å². The van der Waals surface area contributed by atoms with E-state index in [4.69, 9.17) is 5.11 Å². The minimum Gasteiger partial charge on any atom is -0.467 e. The summed E-state index contributed by atoms with van der Waals surface area (Å²) in [5.74, 6) is 0.374. The molecule has 8 heteroatoms. The van der Waals surface area contributed by atoms with Crippen LogP contribution in [0.5, 0.6) is 0 Å². The zero-order valence-electron chi connectivity index (χ0n) is 9.99. The van der Waals surface area contributed by atoms with Crippen LogP contribution in [-0.4, -0.2) is 50.4 Å². The van der Waals surface area contributed by atoms with Crippen LogP contribution < -0.4 is 5.32 Å². The number of carbonyl (C=O) groups excluding carboxylic acids is 1. The molecule has 0 saturated carbocycles. The summed E-state index contributed by atoms with van der Waals surface area (Å²) >= 11 is 0. The van der Waals surface area contributed by atoms with E-state index < -0.39 is 12.0 Å². The van der Waals surface area contributed by atoms with Crippen molar-refractivity contribution in [3.8, 4) is 0 Å². The van der Waals surface area contributed by atoms with E-state index in [1.165, 1.54) is 18.0 Å². The van der Waals surface area contributed by atoms with E-state index >= 15 is 0 Å². The van der Waals surface area contributed by atoms with Crippen molar-refractivity contribution < 1.29 is 14.6 Å². The predicted octanol–water partition coefficient (Wildman–Crippen LogP) is -0.621. The van der Waals surface area contributed by atoms with Crippen molar-refractivity contribution in [3.63, 3.8) is 0 Å². The first-order chi connectivity index (χ1) is 8.65. The molecule has 2 heterocycles. The molecule has 2 N–H and O–H groups in total. The number of anilines is 1. The van der Waals surface area contributed by atoms with Crippen molar-refractivity contribution in [2.45, 2.75) is 13.0 Å². The number of esters is 1. The van der Waals surface area contributed by atoms with Gasteiger partial charge in [-0.1, -0.05) is 0 Å². The van der Waals surface area contributed by atoms with Crippen molar-refractivity contribution in [2.24, 2.45) is 0 Å². The van der Waals surface area contributed by atoms with Crippen LogP contribution in [0.3, 0.4) is 0 Å². The number of hydrogen-bond acceptors (Lipinski definition) is 7. The van der Waals surface area contributed by atoms with Crippen molar-refractivity contribution in [3.05, 3.63) is 18.1 Å². The Morgan fingerprint density at radius 1 is 1.67 bits per heavy atom. The van der Waals surface area contributed by atoms with Crippen LogP contribution in [0.1, 0.15) is 5.69 Å². The summed E-state index contributed by atoms with van der Waals surface area (Å²) in [5.41, 5.74) is 0.722. The van der Waals surface area contributed by atoms with Crippen LogP contribution in [0.15, 0.2) is 12.4 Å². The van der Waals surface area contributed by atoms with Crippen molar-refractivity contribution in [1.82, 2.24) is 19.6 Å². The lowest BCUT2D eigenvalue weighted by Gasteiger charge is -2.15. The Bertz CT molecular complexity index is 568. The van der Waals surface area contributed by atoms with Crippen LogP contribution >= 0.6 is 0 Å². The minimum atomic E-state index is -0.857. The van der Waals surface area contributed by atoms with Gasteiger partial charge in [-0.2, -0.15) is 14.6 Å². The summed E-state index contributed by atoms with van der Waals surface area (Å²) in [6, 6.07) is 0.844. The normalized spacial score (nSPS) is 12.4. The molecule has 0 aromatic carbocycles. The zero-order valence-corrected chi connectivity index (χ0v) is 9.99. The Morgan fingerprint density at radius 2 is 2.44 bits per heavy atom. The molecular weight excluding hydrogens is 238 g/mol. The highest BCUT2D eigenvalue weighted by molar-refractivity contribution is 5.79. The first-order valence-electron chi connectivity index (χ1n) is 5.28. The molecular formula is C10H13N5O3. The molecule has 1 unspecified atom stereocenters. The molecule has 0 aliphatic heterocycles. The third-order valence-corrected chi connectivity index (χ3v) is 2.37. The Morgan fingerprint density at radius 3 is 3.11 bits per heavy atom. The number of hydrogen-bond donors (Lipinski definition) is 2. The van der Waals surface area contributed by atoms with Crippen LogP contribution in [0.2, 0.25) is 0 Å². The number of ether oxygens (including phenoxy) is 1. The summed E-state index contributed by atoms with van der Waals surface area (Å²) in [6.45, 7) is 1.41. The van der Waals surface area contributed by atoms with E-state index in [-0.39, 0.29) is 6.61 Å². The Labute approximate surface area is 103 Å². The molecule has 0 aliphatic rings. The fourth-order valence-corrected chi connectivity index (χ4v) is 1.53. The standard InChI is InChI=1S/C10H13N5O3/c1-6-3-8(14-7(4-16)9(17)18-2)15-10(13-6)11-5-12-15/h3,5,7,14,16H,4H2,1-2H3. The largest absolute Gasteiger partial charge is 0.467 e. The SMILES string of the molecule is COC(=O)C(CO)Nc1cc(C)nc2ncnn12. The summed E-state index contributed by atoms with van der Waals surface area (Å²) in [4.78, 5) is 19.5. The summed E-state index contributed by atoms with van der Waals surface area (Å²) < 4.78 is 6.02. The smallest absolute Gasteiger partial charge is 0.330 e. The van der Waals surface area contributed by atoms with Crippen LogP contribution in [0, 0.1) is 6.92 Å². The first-order valence-corrected chi connectivity index (χ1v) is 5.28. The van der Waals surface area contributed by atoms with Gasteiger partial charge >= 0.3 is 5.97 Å². The highest BCUT2D eigenvalue weighted by Crippen LogP contribution is 2.11. The van der Waals surface area contributed by atoms with Gasteiger partial charge in [0.2, 0.25) is 0 Å². The molecule has 18 heavy (non-hydrogen) atoms. The second-order valence-corrected chi connectivity index (χ2v) is 3.66. The highest BCUT2D eigenvalue weighted by atomic mass is 16.5. The second-order valence-electron chi connectivity index (χ2n) is 3.66. The van der Waals surface area contributed by atoms with Crippen LogP contribution in [0.4, 0.5) is 5.82 Å². The number of aryl methyl sites for hydroxylation is 1. The fraction of sp³-hybridized carbons (Fsp3) is 0.400. The molecule has 0 bridgehead atoms. The highest BCUT2D eigenvalue weighted by Gasteiger charge is 2.19. The number of aliphatic hydroxyl groups is 1. The molecule has 0 aliphatic carbocycles. The summed E-state index contributed by atoms with van der Waals surface area (Å²) in [5, 5.41) is 16.0. The lowest BCUT2D eigenvalue weighted by molar-refractivity contribution is -0.142. The van der Waals surface area contributed by atoms with E-state index in [1.54, 1.807) is 13.0 Å². The van der Waals surface area contributed by atoms with E-state index in [9.17, 15) is 4.79 Å². The van der Waals surface area contributed by atoms with Gasteiger partial charge in [-0.25, -0.2) is 9.78 Å². The average Bonchev–Trinajstić information content (AvgIpc) is 2.82. The molecule has 0 spiro atoms. The number of rotatable bonds is 4. The lowest BCUT2D eigenvalue weighted by Crippen LogP contribution is -2.34. The number of fused-ring (bicyclic) bond motifs is 1. The Kier molecular flexibility index (Phi) is 3.38. The predicted molar refractivity (Wildman–Crippen MR) is 62.0 cm³/mol. The van der Waals surface area contributed by atoms with E-state index in [2.05, 4.69) is 25.1 Å². The maximum Gasteiger partial charge on any atom is 0.330 e. The molecule has 2 aromatic heterocycles. The number of aliphatic hydroxyl groups excluding tert-OH is 1. The van der Waals surface area contributed by atoms with Gasteiger partial charge < -0.3 is 15.2 Å². The molecule has 0 fully saturated rings. The second kappa shape index (κ2) is 4.96. The van der Waals surface area contributed by atoms with Crippen molar-refractivity contribution >= 4 is 17.6 Å². The average molecular weight is 251 g/mol. The zero-order chi connectivity index (χ0) is 13.1. The lowest BCUT2D eigenvalue weighted by atomic mass is 10.3.